The molecule has 0 radical (unpaired) electrons. The third kappa shape index (κ3) is 5.62. The summed E-state index contributed by atoms with van der Waals surface area (Å²) < 4.78 is 1.72. The van der Waals surface area contributed by atoms with Gasteiger partial charge in [-0.2, -0.15) is 5.10 Å². The Morgan fingerprint density at radius 3 is 2.63 bits per heavy atom. The van der Waals surface area contributed by atoms with Gasteiger partial charge in [0.1, 0.15) is 5.82 Å². The zero-order valence-electron chi connectivity index (χ0n) is 19.8. The summed E-state index contributed by atoms with van der Waals surface area (Å²) in [4.78, 5) is 18.9. The number of anilines is 1. The molecular weight excluding hydrogens is 464 g/mol. The number of hydrogen-bond acceptors (Lipinski definition) is 6. The predicted octanol–water partition coefficient (Wildman–Crippen LogP) is 3.76. The Balaban J connectivity index is 1.48. The van der Waals surface area contributed by atoms with Gasteiger partial charge in [-0.15, -0.1) is 0 Å². The number of fused-ring (bicyclic) bond motifs is 1. The van der Waals surface area contributed by atoms with Crippen molar-refractivity contribution in [2.45, 2.75) is 20.0 Å². The molecule has 2 heterocycles. The van der Waals surface area contributed by atoms with E-state index in [9.17, 15) is 9.90 Å². The summed E-state index contributed by atoms with van der Waals surface area (Å²) in [6.45, 7) is 6.52. The molecule has 8 nitrogen and oxygen atoms in total. The van der Waals surface area contributed by atoms with Gasteiger partial charge in [-0.05, 0) is 60.9 Å². The fourth-order valence-electron chi connectivity index (χ4n) is 3.99. The number of nitrogen functional groups attached to an aromatic ring is 1. The highest BCUT2D eigenvalue weighted by atomic mass is 35.5. The smallest absolute Gasteiger partial charge is 0.251 e. The van der Waals surface area contributed by atoms with Gasteiger partial charge >= 0.3 is 0 Å². The van der Waals surface area contributed by atoms with Gasteiger partial charge in [0.15, 0.2) is 0 Å². The molecule has 0 bridgehead atoms. The Bertz CT molecular complexity index is 1310. The SMILES string of the molecule is CCN(CC)CC(O)CNC(=O)c1ccc(-n2ccc(-c3c(N)ncc4ccc(Cl)cc34)n2)cc1. The molecule has 0 saturated heterocycles. The summed E-state index contributed by atoms with van der Waals surface area (Å²) in [5.74, 6) is 0.142. The zero-order chi connectivity index (χ0) is 24.9. The van der Waals surface area contributed by atoms with Crippen molar-refractivity contribution in [2.75, 3.05) is 31.9 Å². The van der Waals surface area contributed by atoms with E-state index in [4.69, 9.17) is 17.3 Å². The summed E-state index contributed by atoms with van der Waals surface area (Å²) in [5, 5.41) is 20.1. The van der Waals surface area contributed by atoms with Gasteiger partial charge in [-0.1, -0.05) is 31.5 Å². The second-order valence-corrected chi connectivity index (χ2v) is 8.73. The molecule has 4 rings (SSSR count). The number of benzene rings is 2. The number of aliphatic hydroxyl groups is 1. The summed E-state index contributed by atoms with van der Waals surface area (Å²) in [5.41, 5.74) is 8.89. The molecule has 1 unspecified atom stereocenters. The maximum Gasteiger partial charge on any atom is 0.251 e. The predicted molar refractivity (Wildman–Crippen MR) is 140 cm³/mol. The fraction of sp³-hybridized carbons (Fsp3) is 0.269. The Morgan fingerprint density at radius 1 is 1.17 bits per heavy atom. The van der Waals surface area contributed by atoms with Gasteiger partial charge in [0.05, 0.1) is 23.0 Å². The number of nitrogens with two attached hydrogens (primary N) is 1. The number of likely N-dealkylation sites (N-methyl/N-ethyl adjacent to an activating group) is 1. The Kier molecular flexibility index (Phi) is 7.65. The minimum atomic E-state index is -0.619. The molecule has 0 fully saturated rings. The number of nitrogens with one attached hydrogen (secondary N) is 1. The van der Waals surface area contributed by atoms with Crippen molar-refractivity contribution in [3.63, 3.8) is 0 Å². The van der Waals surface area contributed by atoms with Crippen molar-refractivity contribution in [2.24, 2.45) is 0 Å². The van der Waals surface area contributed by atoms with Crippen molar-refractivity contribution in [3.8, 4) is 16.9 Å². The third-order valence-electron chi connectivity index (χ3n) is 5.98. The molecule has 9 heteroatoms. The van der Waals surface area contributed by atoms with Crippen molar-refractivity contribution in [3.05, 3.63) is 71.5 Å². The van der Waals surface area contributed by atoms with E-state index in [0.29, 0.717) is 28.6 Å². The topological polar surface area (TPSA) is 109 Å². The summed E-state index contributed by atoms with van der Waals surface area (Å²) in [6, 6.07) is 14.5. The number of pyridine rings is 1. The molecule has 2 aromatic heterocycles. The van der Waals surface area contributed by atoms with E-state index in [1.165, 1.54) is 0 Å². The number of carbonyl (C=O) groups excluding carboxylic acids is 1. The number of aliphatic hydroxyl groups excluding tert-OH is 1. The maximum atomic E-state index is 12.5. The van der Waals surface area contributed by atoms with Gasteiger partial charge in [-0.25, -0.2) is 9.67 Å². The zero-order valence-corrected chi connectivity index (χ0v) is 20.5. The first kappa shape index (κ1) is 24.7. The van der Waals surface area contributed by atoms with Crippen LogP contribution in [0.4, 0.5) is 5.82 Å². The molecule has 0 spiro atoms. The Labute approximate surface area is 209 Å². The third-order valence-corrected chi connectivity index (χ3v) is 6.22. The highest BCUT2D eigenvalue weighted by Crippen LogP contribution is 2.33. The van der Waals surface area contributed by atoms with Crippen LogP contribution >= 0.6 is 11.6 Å². The van der Waals surface area contributed by atoms with Gasteiger partial charge in [0, 0.05) is 41.5 Å². The van der Waals surface area contributed by atoms with Crippen molar-refractivity contribution < 1.29 is 9.90 Å². The first-order chi connectivity index (χ1) is 16.9. The molecule has 4 N–H and O–H groups in total. The summed E-state index contributed by atoms with van der Waals surface area (Å²) in [6.07, 6.45) is 2.93. The molecule has 0 aliphatic rings. The number of hydrogen-bond donors (Lipinski definition) is 3. The molecule has 0 aliphatic heterocycles. The lowest BCUT2D eigenvalue weighted by Crippen LogP contribution is -2.40. The van der Waals surface area contributed by atoms with E-state index in [-0.39, 0.29) is 12.5 Å². The standard InChI is InChI=1S/C26H29ClN6O2/c1-3-32(4-2)16-21(34)15-30-26(35)17-6-9-20(10-7-17)33-12-11-23(31-33)24-22-13-19(27)8-5-18(22)14-29-25(24)28/h5-14,21,34H,3-4,15-16H2,1-2H3,(H2,28,29)(H,30,35). The van der Waals surface area contributed by atoms with E-state index in [2.05, 4.69) is 20.3 Å². The highest BCUT2D eigenvalue weighted by molar-refractivity contribution is 6.31. The Morgan fingerprint density at radius 2 is 1.91 bits per heavy atom. The van der Waals surface area contributed by atoms with E-state index in [0.717, 1.165) is 35.1 Å². The average molecular weight is 493 g/mol. The van der Waals surface area contributed by atoms with Crippen molar-refractivity contribution in [1.29, 1.82) is 0 Å². The van der Waals surface area contributed by atoms with Crippen molar-refractivity contribution >= 4 is 34.1 Å². The fourth-order valence-corrected chi connectivity index (χ4v) is 4.16. The first-order valence-electron chi connectivity index (χ1n) is 11.6. The minimum absolute atomic E-state index is 0.199. The van der Waals surface area contributed by atoms with Gasteiger partial charge in [0.2, 0.25) is 0 Å². The molecule has 0 saturated carbocycles. The van der Waals surface area contributed by atoms with Gasteiger partial charge < -0.3 is 21.1 Å². The number of amides is 1. The minimum Gasteiger partial charge on any atom is -0.390 e. The molecule has 1 atom stereocenters. The van der Waals surface area contributed by atoms with Crippen LogP contribution in [0.15, 0.2) is 60.9 Å². The lowest BCUT2D eigenvalue weighted by atomic mass is 10.0. The van der Waals surface area contributed by atoms with E-state index in [1.54, 1.807) is 23.0 Å². The monoisotopic (exact) mass is 492 g/mol. The van der Waals surface area contributed by atoms with Crippen LogP contribution < -0.4 is 11.1 Å². The molecule has 35 heavy (non-hydrogen) atoms. The number of nitrogens with zero attached hydrogens (tertiary/aromatic N) is 4. The van der Waals surface area contributed by atoms with Crippen LogP contribution in [-0.2, 0) is 0 Å². The molecule has 4 aromatic rings. The summed E-state index contributed by atoms with van der Waals surface area (Å²) in [7, 11) is 0. The largest absolute Gasteiger partial charge is 0.390 e. The van der Waals surface area contributed by atoms with Gasteiger partial charge in [0.25, 0.3) is 5.91 Å². The first-order valence-corrected chi connectivity index (χ1v) is 12.0. The lowest BCUT2D eigenvalue weighted by molar-refractivity contribution is 0.0869. The summed E-state index contributed by atoms with van der Waals surface area (Å²) >= 11 is 6.21. The van der Waals surface area contributed by atoms with Crippen LogP contribution in [0, 0.1) is 0 Å². The second kappa shape index (κ2) is 10.9. The number of carbonyl (C=O) groups is 1. The van der Waals surface area contributed by atoms with Crippen LogP contribution in [-0.4, -0.2) is 63.0 Å². The molecule has 182 valence electrons. The van der Waals surface area contributed by atoms with Crippen LogP contribution in [0.25, 0.3) is 27.7 Å². The highest BCUT2D eigenvalue weighted by Gasteiger charge is 2.15. The molecule has 2 aromatic carbocycles. The maximum absolute atomic E-state index is 12.5. The number of halogens is 1. The number of aromatic nitrogens is 3. The molecular formula is C26H29ClN6O2. The van der Waals surface area contributed by atoms with E-state index < -0.39 is 6.10 Å². The van der Waals surface area contributed by atoms with Gasteiger partial charge in [-0.3, -0.25) is 4.79 Å². The second-order valence-electron chi connectivity index (χ2n) is 8.29. The quantitative estimate of drug-likeness (QED) is 0.328. The number of rotatable bonds is 9. The molecule has 1 amide bonds. The Hall–Kier alpha value is -3.46. The molecule has 0 aliphatic carbocycles. The van der Waals surface area contributed by atoms with Crippen LogP contribution in [0.2, 0.25) is 5.02 Å². The average Bonchev–Trinajstić information content (AvgIpc) is 3.35. The van der Waals surface area contributed by atoms with E-state index >= 15 is 0 Å². The van der Waals surface area contributed by atoms with E-state index in [1.807, 2.05) is 56.4 Å². The van der Waals surface area contributed by atoms with Crippen LogP contribution in [0.5, 0.6) is 0 Å². The lowest BCUT2D eigenvalue weighted by Gasteiger charge is -2.22. The van der Waals surface area contributed by atoms with Crippen molar-refractivity contribution in [1.82, 2.24) is 25.0 Å². The normalized spacial score (nSPS) is 12.3. The van der Waals surface area contributed by atoms with Crippen LogP contribution in [0.1, 0.15) is 24.2 Å². The van der Waals surface area contributed by atoms with Crippen LogP contribution in [0.3, 0.4) is 0 Å².